The minimum absolute atomic E-state index is 0.0452. The Morgan fingerprint density at radius 3 is 2.86 bits per heavy atom. The average molecular weight is 481 g/mol. The maximum absolute atomic E-state index is 13.4. The minimum atomic E-state index is -2.18. The number of fused-ring (bicyclic) bond motifs is 1. The van der Waals surface area contributed by atoms with Crippen molar-refractivity contribution in [2.24, 2.45) is 0 Å². The number of nitrogens with zero attached hydrogens (tertiary/aromatic N) is 1. The number of halogens is 3. The van der Waals surface area contributed by atoms with Gasteiger partial charge in [0.05, 0.1) is 4.60 Å². The maximum atomic E-state index is 13.4. The number of aliphatic hydroxyl groups is 1. The predicted octanol–water partition coefficient (Wildman–Crippen LogP) is 3.51. The van der Waals surface area contributed by atoms with Crippen LogP contribution in [-0.2, 0) is 16.1 Å². The van der Waals surface area contributed by atoms with Crippen molar-refractivity contribution in [1.82, 2.24) is 10.3 Å². The molecule has 0 radical (unpaired) electrons. The summed E-state index contributed by atoms with van der Waals surface area (Å²) in [5.41, 5.74) is -0.258. The van der Waals surface area contributed by atoms with Gasteiger partial charge < -0.3 is 20.3 Å². The summed E-state index contributed by atoms with van der Waals surface area (Å²) in [4.78, 5) is 29.9. The molecule has 9 heteroatoms. The number of aromatic nitrogens is 1. The van der Waals surface area contributed by atoms with E-state index in [1.54, 1.807) is 6.07 Å². The first kappa shape index (κ1) is 19.9. The van der Waals surface area contributed by atoms with Crippen LogP contribution < -0.4 is 10.2 Å². The highest BCUT2D eigenvalue weighted by Crippen LogP contribution is 2.31. The van der Waals surface area contributed by atoms with E-state index in [1.807, 2.05) is 18.2 Å². The molecule has 2 aromatic carbocycles. The molecule has 1 fully saturated rings. The summed E-state index contributed by atoms with van der Waals surface area (Å²) in [5, 5.41) is 14.3. The van der Waals surface area contributed by atoms with Crippen LogP contribution in [0.25, 0.3) is 10.9 Å². The van der Waals surface area contributed by atoms with E-state index in [9.17, 15) is 19.1 Å². The molecule has 1 aliphatic rings. The normalized spacial score (nSPS) is 19.2. The molecule has 1 unspecified atom stereocenters. The molecule has 0 spiro atoms. The average Bonchev–Trinajstić information content (AvgIpc) is 3.18. The molecule has 3 aromatic rings. The predicted molar refractivity (Wildman–Crippen MR) is 111 cm³/mol. The van der Waals surface area contributed by atoms with Gasteiger partial charge in [-0.1, -0.05) is 11.6 Å². The molecule has 0 bridgehead atoms. The number of amides is 2. The lowest BCUT2D eigenvalue weighted by atomic mass is 10.0. The fourth-order valence-corrected chi connectivity index (χ4v) is 4.16. The fourth-order valence-electron chi connectivity index (χ4n) is 3.46. The Hall–Kier alpha value is -2.42. The van der Waals surface area contributed by atoms with E-state index in [0.29, 0.717) is 11.3 Å². The Morgan fingerprint density at radius 2 is 2.10 bits per heavy atom. The SMILES string of the molecule is O=C(NCc1cc(F)cc(Cl)c1)C1(O)CCN(c2ccc3[nH]c(Br)cc3c2)C1=O. The van der Waals surface area contributed by atoms with E-state index in [1.165, 1.54) is 17.0 Å². The van der Waals surface area contributed by atoms with Crippen molar-refractivity contribution in [1.29, 1.82) is 0 Å². The molecule has 4 rings (SSSR count). The number of hydrogen-bond acceptors (Lipinski definition) is 3. The van der Waals surface area contributed by atoms with Crippen LogP contribution in [0.3, 0.4) is 0 Å². The Balaban J connectivity index is 1.50. The Bertz CT molecular complexity index is 1120. The van der Waals surface area contributed by atoms with Crippen LogP contribution in [0.15, 0.2) is 47.1 Å². The monoisotopic (exact) mass is 479 g/mol. The van der Waals surface area contributed by atoms with Crippen molar-refractivity contribution < 1.29 is 19.1 Å². The molecular weight excluding hydrogens is 465 g/mol. The standard InChI is InChI=1S/C20H16BrClFN3O3/c21-17-8-12-7-15(1-2-16(12)25-17)26-4-3-20(29,19(26)28)18(27)24-10-11-5-13(22)9-14(23)6-11/h1-2,5-9,25,29H,3-4,10H2,(H,24,27). The fraction of sp³-hybridized carbons (Fsp3) is 0.200. The zero-order chi connectivity index (χ0) is 20.8. The van der Waals surface area contributed by atoms with Crippen LogP contribution in [0.1, 0.15) is 12.0 Å². The number of nitrogens with one attached hydrogen (secondary N) is 2. The first-order chi connectivity index (χ1) is 13.8. The van der Waals surface area contributed by atoms with Crippen molar-refractivity contribution in [2.45, 2.75) is 18.6 Å². The number of H-pyrrole nitrogens is 1. The van der Waals surface area contributed by atoms with Gasteiger partial charge in [0.1, 0.15) is 5.82 Å². The quantitative estimate of drug-likeness (QED) is 0.500. The van der Waals surface area contributed by atoms with Gasteiger partial charge in [-0.25, -0.2) is 4.39 Å². The Morgan fingerprint density at radius 1 is 1.31 bits per heavy atom. The van der Waals surface area contributed by atoms with Gasteiger partial charge in [-0.15, -0.1) is 0 Å². The van der Waals surface area contributed by atoms with Crippen molar-refractivity contribution in [3.63, 3.8) is 0 Å². The van der Waals surface area contributed by atoms with Crippen LogP contribution in [0, 0.1) is 5.82 Å². The summed E-state index contributed by atoms with van der Waals surface area (Å²) < 4.78 is 14.2. The second kappa shape index (κ2) is 7.44. The minimum Gasteiger partial charge on any atom is -0.372 e. The molecule has 3 N–H and O–H groups in total. The third kappa shape index (κ3) is 3.75. The molecule has 1 saturated heterocycles. The number of carbonyl (C=O) groups is 2. The van der Waals surface area contributed by atoms with Crippen LogP contribution in [-0.4, -0.2) is 34.1 Å². The van der Waals surface area contributed by atoms with Crippen molar-refractivity contribution in [3.8, 4) is 0 Å². The number of anilines is 1. The zero-order valence-electron chi connectivity index (χ0n) is 15.0. The zero-order valence-corrected chi connectivity index (χ0v) is 17.3. The van der Waals surface area contributed by atoms with Gasteiger partial charge in [0.15, 0.2) is 0 Å². The number of rotatable bonds is 4. The van der Waals surface area contributed by atoms with Gasteiger partial charge in [-0.3, -0.25) is 9.59 Å². The summed E-state index contributed by atoms with van der Waals surface area (Å²) in [6, 6.07) is 11.1. The lowest BCUT2D eigenvalue weighted by molar-refractivity contribution is -0.149. The van der Waals surface area contributed by atoms with Crippen molar-refractivity contribution in [2.75, 3.05) is 11.4 Å². The number of hydrogen-bond donors (Lipinski definition) is 3. The summed E-state index contributed by atoms with van der Waals surface area (Å²) in [6.45, 7) is 0.140. The molecule has 1 aromatic heterocycles. The molecule has 29 heavy (non-hydrogen) atoms. The molecule has 2 heterocycles. The van der Waals surface area contributed by atoms with Gasteiger partial charge in [-0.05, 0) is 64.0 Å². The van der Waals surface area contributed by atoms with Gasteiger partial charge in [0.2, 0.25) is 5.60 Å². The molecule has 1 atom stereocenters. The Labute approximate surface area is 178 Å². The van der Waals surface area contributed by atoms with E-state index >= 15 is 0 Å². The van der Waals surface area contributed by atoms with Gasteiger partial charge in [0.25, 0.3) is 11.8 Å². The molecule has 0 saturated carbocycles. The molecule has 6 nitrogen and oxygen atoms in total. The lowest BCUT2D eigenvalue weighted by Gasteiger charge is -2.22. The highest BCUT2D eigenvalue weighted by atomic mass is 79.9. The van der Waals surface area contributed by atoms with Crippen LogP contribution >= 0.6 is 27.5 Å². The number of carbonyl (C=O) groups excluding carboxylic acids is 2. The first-order valence-electron chi connectivity index (χ1n) is 8.82. The number of aromatic amines is 1. The van der Waals surface area contributed by atoms with Gasteiger partial charge >= 0.3 is 0 Å². The number of benzene rings is 2. The topological polar surface area (TPSA) is 85.4 Å². The van der Waals surface area contributed by atoms with Gasteiger partial charge in [-0.2, -0.15) is 0 Å². The van der Waals surface area contributed by atoms with Crippen LogP contribution in [0.4, 0.5) is 10.1 Å². The lowest BCUT2D eigenvalue weighted by Crippen LogP contribution is -2.52. The van der Waals surface area contributed by atoms with Crippen molar-refractivity contribution >= 4 is 55.9 Å². The second-order valence-electron chi connectivity index (χ2n) is 6.92. The van der Waals surface area contributed by atoms with Crippen LogP contribution in [0.2, 0.25) is 5.02 Å². The Kier molecular flexibility index (Phi) is 5.10. The molecule has 2 amide bonds. The highest BCUT2D eigenvalue weighted by Gasteiger charge is 2.51. The van der Waals surface area contributed by atoms with Crippen molar-refractivity contribution in [3.05, 3.63) is 63.5 Å². The third-order valence-electron chi connectivity index (χ3n) is 4.93. The summed E-state index contributed by atoms with van der Waals surface area (Å²) in [6.07, 6.45) is -0.0452. The molecule has 150 valence electrons. The summed E-state index contributed by atoms with van der Waals surface area (Å²) in [7, 11) is 0. The van der Waals surface area contributed by atoms with E-state index in [0.717, 1.165) is 21.6 Å². The second-order valence-corrected chi connectivity index (χ2v) is 8.21. The van der Waals surface area contributed by atoms with Gasteiger partial charge in [0, 0.05) is 41.1 Å². The van der Waals surface area contributed by atoms with Crippen LogP contribution in [0.5, 0.6) is 0 Å². The molecule has 0 aliphatic carbocycles. The van der Waals surface area contributed by atoms with E-state index in [-0.39, 0.29) is 24.5 Å². The van der Waals surface area contributed by atoms with E-state index < -0.39 is 23.2 Å². The maximum Gasteiger partial charge on any atom is 0.268 e. The largest absolute Gasteiger partial charge is 0.372 e. The first-order valence-corrected chi connectivity index (χ1v) is 9.99. The van der Waals surface area contributed by atoms with E-state index in [4.69, 9.17) is 11.6 Å². The smallest absolute Gasteiger partial charge is 0.268 e. The third-order valence-corrected chi connectivity index (χ3v) is 5.58. The molecule has 1 aliphatic heterocycles. The highest BCUT2D eigenvalue weighted by molar-refractivity contribution is 9.10. The van der Waals surface area contributed by atoms with E-state index in [2.05, 4.69) is 26.2 Å². The molecular formula is C20H16BrClFN3O3. The summed E-state index contributed by atoms with van der Waals surface area (Å²) >= 11 is 9.17. The summed E-state index contributed by atoms with van der Waals surface area (Å²) in [5.74, 6) is -2.05.